The zero-order valence-corrected chi connectivity index (χ0v) is 13.9. The minimum atomic E-state index is -0.0979. The summed E-state index contributed by atoms with van der Waals surface area (Å²) >= 11 is 1.51. The van der Waals surface area contributed by atoms with Gasteiger partial charge in [-0.15, -0.1) is 0 Å². The van der Waals surface area contributed by atoms with Crippen molar-refractivity contribution in [3.05, 3.63) is 76.7 Å². The third kappa shape index (κ3) is 2.70. The highest BCUT2D eigenvalue weighted by Gasteiger charge is 2.09. The minimum Gasteiger partial charge on any atom is -0.322 e. The molecular weight excluding hydrogens is 318 g/mol. The van der Waals surface area contributed by atoms with Gasteiger partial charge < -0.3 is 9.72 Å². The molecular formula is C19H15N3OS. The second kappa shape index (κ2) is 5.94. The predicted octanol–water partition coefficient (Wildman–Crippen LogP) is 4.62. The molecule has 1 N–H and O–H groups in total. The normalized spacial score (nSPS) is 10.9. The van der Waals surface area contributed by atoms with E-state index in [1.54, 1.807) is 0 Å². The van der Waals surface area contributed by atoms with Gasteiger partial charge in [0.15, 0.2) is 0 Å². The molecule has 0 atom stereocenters. The van der Waals surface area contributed by atoms with Crippen molar-refractivity contribution in [2.45, 2.75) is 6.92 Å². The van der Waals surface area contributed by atoms with Crippen molar-refractivity contribution < 1.29 is 4.79 Å². The Bertz CT molecular complexity index is 1020. The van der Waals surface area contributed by atoms with E-state index >= 15 is 0 Å². The molecule has 5 heteroatoms. The molecule has 0 bridgehead atoms. The van der Waals surface area contributed by atoms with Crippen molar-refractivity contribution in [1.29, 1.82) is 0 Å². The predicted molar refractivity (Wildman–Crippen MR) is 97.6 cm³/mol. The fourth-order valence-corrected chi connectivity index (χ4v) is 3.28. The van der Waals surface area contributed by atoms with Gasteiger partial charge in [-0.2, -0.15) is 11.3 Å². The van der Waals surface area contributed by atoms with Crippen molar-refractivity contribution >= 4 is 28.6 Å². The fraction of sp³-hybridized carbons (Fsp3) is 0.0526. The SMILES string of the molecule is Cc1cccn2cc(-c3cccc(NC(=O)c4ccsc4)c3)nc12. The molecule has 3 heterocycles. The van der Waals surface area contributed by atoms with Crippen LogP contribution in [0.25, 0.3) is 16.9 Å². The molecule has 0 aliphatic carbocycles. The molecule has 118 valence electrons. The summed E-state index contributed by atoms with van der Waals surface area (Å²) in [5, 5.41) is 6.66. The number of aryl methyl sites for hydroxylation is 1. The molecule has 0 saturated heterocycles. The third-order valence-corrected chi connectivity index (χ3v) is 4.56. The minimum absolute atomic E-state index is 0.0979. The standard InChI is InChI=1S/C19H15N3OS/c1-13-4-3-8-22-11-17(21-18(13)22)14-5-2-6-16(10-14)20-19(23)15-7-9-24-12-15/h2-12H,1H3,(H,20,23). The lowest BCUT2D eigenvalue weighted by Crippen LogP contribution is -2.10. The van der Waals surface area contributed by atoms with Crippen LogP contribution in [0.2, 0.25) is 0 Å². The molecule has 0 fully saturated rings. The molecule has 0 radical (unpaired) electrons. The summed E-state index contributed by atoms with van der Waals surface area (Å²) in [6, 6.07) is 13.6. The van der Waals surface area contributed by atoms with Gasteiger partial charge in [0.25, 0.3) is 5.91 Å². The van der Waals surface area contributed by atoms with Gasteiger partial charge in [-0.05, 0) is 42.1 Å². The number of carbonyl (C=O) groups excluding carboxylic acids is 1. The van der Waals surface area contributed by atoms with Gasteiger partial charge in [-0.25, -0.2) is 4.98 Å². The number of hydrogen-bond acceptors (Lipinski definition) is 3. The van der Waals surface area contributed by atoms with Crippen molar-refractivity contribution in [3.8, 4) is 11.3 Å². The Kier molecular flexibility index (Phi) is 3.63. The highest BCUT2D eigenvalue weighted by molar-refractivity contribution is 7.08. The molecule has 0 aliphatic rings. The van der Waals surface area contributed by atoms with E-state index in [0.717, 1.165) is 28.2 Å². The number of amides is 1. The monoisotopic (exact) mass is 333 g/mol. The summed E-state index contributed by atoms with van der Waals surface area (Å²) in [5.74, 6) is -0.0979. The molecule has 24 heavy (non-hydrogen) atoms. The van der Waals surface area contributed by atoms with Crippen LogP contribution in [0.15, 0.2) is 65.6 Å². The van der Waals surface area contributed by atoms with Crippen LogP contribution in [0.3, 0.4) is 0 Å². The molecule has 4 nitrogen and oxygen atoms in total. The largest absolute Gasteiger partial charge is 0.322 e. The summed E-state index contributed by atoms with van der Waals surface area (Å²) in [5.41, 5.74) is 5.37. The number of fused-ring (bicyclic) bond motifs is 1. The van der Waals surface area contributed by atoms with Crippen molar-refractivity contribution in [1.82, 2.24) is 9.38 Å². The van der Waals surface area contributed by atoms with Crippen LogP contribution >= 0.6 is 11.3 Å². The number of thiophene rings is 1. The average molecular weight is 333 g/mol. The maximum Gasteiger partial charge on any atom is 0.256 e. The Morgan fingerprint density at radius 2 is 2.12 bits per heavy atom. The van der Waals surface area contributed by atoms with Gasteiger partial charge in [0.1, 0.15) is 5.65 Å². The van der Waals surface area contributed by atoms with Crippen molar-refractivity contribution in [2.75, 3.05) is 5.32 Å². The van der Waals surface area contributed by atoms with Crippen LogP contribution in [0.4, 0.5) is 5.69 Å². The molecule has 4 rings (SSSR count). The molecule has 0 saturated carbocycles. The number of aromatic nitrogens is 2. The van der Waals surface area contributed by atoms with Crippen molar-refractivity contribution in [2.24, 2.45) is 0 Å². The van der Waals surface area contributed by atoms with Crippen LogP contribution in [0, 0.1) is 6.92 Å². The Morgan fingerprint density at radius 3 is 2.92 bits per heavy atom. The third-order valence-electron chi connectivity index (χ3n) is 3.88. The molecule has 0 unspecified atom stereocenters. The smallest absolute Gasteiger partial charge is 0.256 e. The number of nitrogens with zero attached hydrogens (tertiary/aromatic N) is 2. The quantitative estimate of drug-likeness (QED) is 0.594. The van der Waals surface area contributed by atoms with E-state index < -0.39 is 0 Å². The molecule has 0 spiro atoms. The highest BCUT2D eigenvalue weighted by atomic mass is 32.1. The van der Waals surface area contributed by atoms with E-state index in [1.165, 1.54) is 11.3 Å². The first kappa shape index (κ1) is 14.7. The van der Waals surface area contributed by atoms with Gasteiger partial charge in [0, 0.05) is 29.0 Å². The van der Waals surface area contributed by atoms with E-state index in [2.05, 4.69) is 5.32 Å². The Labute approximate surface area is 143 Å². The molecule has 1 amide bonds. The summed E-state index contributed by atoms with van der Waals surface area (Å²) < 4.78 is 2.02. The van der Waals surface area contributed by atoms with Crippen LogP contribution in [-0.4, -0.2) is 15.3 Å². The zero-order valence-electron chi connectivity index (χ0n) is 13.1. The van der Waals surface area contributed by atoms with Crippen LogP contribution in [0.5, 0.6) is 0 Å². The maximum atomic E-state index is 12.2. The number of imidazole rings is 1. The Hall–Kier alpha value is -2.92. The van der Waals surface area contributed by atoms with E-state index in [-0.39, 0.29) is 5.91 Å². The van der Waals surface area contributed by atoms with Crippen LogP contribution in [-0.2, 0) is 0 Å². The van der Waals surface area contributed by atoms with Gasteiger partial charge in [-0.1, -0.05) is 18.2 Å². The Balaban J connectivity index is 1.66. The lowest BCUT2D eigenvalue weighted by Gasteiger charge is -2.05. The second-order valence-corrected chi connectivity index (χ2v) is 6.38. The first-order valence-electron chi connectivity index (χ1n) is 7.59. The number of pyridine rings is 1. The van der Waals surface area contributed by atoms with E-state index in [4.69, 9.17) is 4.98 Å². The number of benzene rings is 1. The van der Waals surface area contributed by atoms with Crippen molar-refractivity contribution in [3.63, 3.8) is 0 Å². The van der Waals surface area contributed by atoms with Gasteiger partial charge >= 0.3 is 0 Å². The lowest BCUT2D eigenvalue weighted by atomic mass is 10.1. The summed E-state index contributed by atoms with van der Waals surface area (Å²) in [6.45, 7) is 2.05. The topological polar surface area (TPSA) is 46.4 Å². The number of carbonyl (C=O) groups is 1. The van der Waals surface area contributed by atoms with Gasteiger partial charge in [0.2, 0.25) is 0 Å². The first-order chi connectivity index (χ1) is 11.7. The van der Waals surface area contributed by atoms with E-state index in [0.29, 0.717) is 5.56 Å². The van der Waals surface area contributed by atoms with E-state index in [9.17, 15) is 4.79 Å². The summed E-state index contributed by atoms with van der Waals surface area (Å²) in [7, 11) is 0. The van der Waals surface area contributed by atoms with Crippen LogP contribution < -0.4 is 5.32 Å². The number of nitrogens with one attached hydrogen (secondary N) is 1. The summed E-state index contributed by atoms with van der Waals surface area (Å²) in [6.07, 6.45) is 3.99. The second-order valence-electron chi connectivity index (χ2n) is 5.60. The number of hydrogen-bond donors (Lipinski definition) is 1. The molecule has 4 aromatic rings. The fourth-order valence-electron chi connectivity index (χ4n) is 2.65. The Morgan fingerprint density at radius 1 is 1.21 bits per heavy atom. The molecule has 3 aromatic heterocycles. The van der Waals surface area contributed by atoms with Gasteiger partial charge in [-0.3, -0.25) is 4.79 Å². The molecule has 0 aliphatic heterocycles. The maximum absolute atomic E-state index is 12.2. The van der Waals surface area contributed by atoms with E-state index in [1.807, 2.05) is 76.9 Å². The summed E-state index contributed by atoms with van der Waals surface area (Å²) in [4.78, 5) is 16.9. The average Bonchev–Trinajstić information content (AvgIpc) is 3.25. The number of rotatable bonds is 3. The van der Waals surface area contributed by atoms with Gasteiger partial charge in [0.05, 0.1) is 11.3 Å². The number of anilines is 1. The zero-order chi connectivity index (χ0) is 16.5. The van der Waals surface area contributed by atoms with Crippen LogP contribution in [0.1, 0.15) is 15.9 Å². The lowest BCUT2D eigenvalue weighted by molar-refractivity contribution is 0.102. The molecule has 1 aromatic carbocycles. The first-order valence-corrected chi connectivity index (χ1v) is 8.53. The highest BCUT2D eigenvalue weighted by Crippen LogP contribution is 2.24.